The lowest BCUT2D eigenvalue weighted by Crippen LogP contribution is -2.51. The van der Waals surface area contributed by atoms with Crippen molar-refractivity contribution in [1.82, 2.24) is 46.6 Å². The maximum atomic E-state index is 13.8. The van der Waals surface area contributed by atoms with Crippen molar-refractivity contribution in [1.29, 1.82) is 0 Å². The summed E-state index contributed by atoms with van der Waals surface area (Å²) in [5, 5.41) is 65.5. The van der Waals surface area contributed by atoms with Gasteiger partial charge in [0.15, 0.2) is 0 Å². The number of nitrogens with zero attached hydrogens (tertiary/aromatic N) is 3. The van der Waals surface area contributed by atoms with Crippen LogP contribution in [0.15, 0.2) is 66.7 Å². The third-order valence-electron chi connectivity index (χ3n) is 14.2. The van der Waals surface area contributed by atoms with Gasteiger partial charge in [0.1, 0.15) is 18.1 Å². The molecule has 11 N–H and O–H groups in total. The molecule has 2 aliphatic rings. The molecular weight excluding hydrogens is 1010 g/mol. The van der Waals surface area contributed by atoms with Crippen LogP contribution in [0.1, 0.15) is 92.1 Å². The molecule has 1 saturated heterocycles. The van der Waals surface area contributed by atoms with Crippen LogP contribution in [0.4, 0.5) is 4.79 Å². The summed E-state index contributed by atoms with van der Waals surface area (Å²) in [5.41, 5.74) is 2.39. The average Bonchev–Trinajstić information content (AvgIpc) is 3.40. The molecule has 1 saturated carbocycles. The smallest absolute Gasteiger partial charge is 0.326 e. The fraction of sp³-hybridized carbons (Fsp3) is 0.545. The summed E-state index contributed by atoms with van der Waals surface area (Å²) in [6.07, 6.45) is 3.80. The molecule has 5 rings (SSSR count). The van der Waals surface area contributed by atoms with E-state index in [2.05, 4.69) is 36.8 Å². The predicted molar refractivity (Wildman–Crippen MR) is 288 cm³/mol. The molecule has 3 aromatic rings. The van der Waals surface area contributed by atoms with Gasteiger partial charge in [0, 0.05) is 76.7 Å². The van der Waals surface area contributed by atoms with Crippen LogP contribution in [0, 0.1) is 11.8 Å². The number of carbonyl (C=O) groups is 9. The van der Waals surface area contributed by atoms with Gasteiger partial charge in [0.25, 0.3) is 5.91 Å². The number of carboxylic acids is 5. The lowest BCUT2D eigenvalue weighted by atomic mass is 9.81. The molecule has 0 spiro atoms. The zero-order valence-corrected chi connectivity index (χ0v) is 44.2. The standard InChI is InChI=1S/C55H77N9O14/c65-47(66)21-20-45(54(76)77)61-55(78)60-44(53(74)75)9-3-4-23-57-52(73)46(32-39-14-15-40-7-1-2-8-43(40)31-39)59-51(72)42-16-10-37(11-17-42)33-58-50(71)41-18-12-38(13-19-41)34-62-26-6-27-64(36-49(69)70)30-29-63(35-48(67)68)25-5-22-56-24-28-62/h1-2,7-8,12-15,18-19,31,37,42,44-46,56H,3-6,9-11,16-17,20-30,32-36H2,(H,57,73)(H,58,71)(H,59,72)(H,65,66)(H,67,68)(H,69,70)(H,74,75)(H,76,77)(H2,60,61,78)/t37-,42-,44-,45-,46-/m0/s1. The Morgan fingerprint density at radius 3 is 1.83 bits per heavy atom. The van der Waals surface area contributed by atoms with Crippen molar-refractivity contribution in [3.8, 4) is 0 Å². The number of fused-ring (bicyclic) bond motifs is 1. The summed E-state index contributed by atoms with van der Waals surface area (Å²) in [6.45, 7) is 6.00. The predicted octanol–water partition coefficient (Wildman–Crippen LogP) is 2.42. The van der Waals surface area contributed by atoms with Gasteiger partial charge in [-0.05, 0) is 124 Å². The normalized spacial score (nSPS) is 18.5. The summed E-state index contributed by atoms with van der Waals surface area (Å²) in [7, 11) is 0. The van der Waals surface area contributed by atoms with Gasteiger partial charge in [0.05, 0.1) is 13.1 Å². The van der Waals surface area contributed by atoms with Crippen LogP contribution in [0.5, 0.6) is 0 Å². The number of aliphatic carboxylic acids is 5. The molecule has 5 amide bonds. The van der Waals surface area contributed by atoms with Crippen LogP contribution in [0.3, 0.4) is 0 Å². The Morgan fingerprint density at radius 2 is 1.19 bits per heavy atom. The first-order valence-electron chi connectivity index (χ1n) is 26.9. The minimum absolute atomic E-state index is 0.0516. The van der Waals surface area contributed by atoms with Crippen LogP contribution in [-0.2, 0) is 46.5 Å². The number of amides is 5. The molecule has 0 unspecified atom stereocenters. The van der Waals surface area contributed by atoms with E-state index in [-0.39, 0.29) is 62.5 Å². The first-order valence-corrected chi connectivity index (χ1v) is 26.9. The lowest BCUT2D eigenvalue weighted by Gasteiger charge is -2.29. The van der Waals surface area contributed by atoms with Gasteiger partial charge in [-0.15, -0.1) is 0 Å². The van der Waals surface area contributed by atoms with Gasteiger partial charge in [-0.25, -0.2) is 14.4 Å². The maximum absolute atomic E-state index is 13.8. The van der Waals surface area contributed by atoms with Crippen molar-refractivity contribution in [2.45, 2.75) is 102 Å². The van der Waals surface area contributed by atoms with Crippen molar-refractivity contribution in [3.05, 3.63) is 83.4 Å². The van der Waals surface area contributed by atoms with Gasteiger partial charge >= 0.3 is 35.9 Å². The van der Waals surface area contributed by atoms with Crippen LogP contribution < -0.4 is 31.9 Å². The van der Waals surface area contributed by atoms with E-state index in [4.69, 9.17) is 5.11 Å². The zero-order valence-electron chi connectivity index (χ0n) is 44.2. The number of carboxylic acid groups (broad SMARTS) is 5. The third kappa shape index (κ3) is 22.4. The van der Waals surface area contributed by atoms with Gasteiger partial charge in [0.2, 0.25) is 11.8 Å². The number of hydrogen-bond acceptors (Lipinski definition) is 13. The molecule has 3 atom stereocenters. The second kappa shape index (κ2) is 32.5. The summed E-state index contributed by atoms with van der Waals surface area (Å²) in [4.78, 5) is 117. The second-order valence-electron chi connectivity index (χ2n) is 20.3. The number of urea groups is 1. The molecular formula is C55H77N9O14. The Bertz CT molecular complexity index is 2490. The molecule has 0 bridgehead atoms. The van der Waals surface area contributed by atoms with Gasteiger partial charge in [-0.2, -0.15) is 0 Å². The lowest BCUT2D eigenvalue weighted by molar-refractivity contribution is -0.141. The van der Waals surface area contributed by atoms with Crippen LogP contribution in [0.25, 0.3) is 10.8 Å². The average molecular weight is 1090 g/mol. The number of nitrogens with one attached hydrogen (secondary N) is 6. The minimum atomic E-state index is -1.54. The quantitative estimate of drug-likeness (QED) is 0.0514. The van der Waals surface area contributed by atoms with Gasteiger partial charge in [-0.1, -0.05) is 54.6 Å². The van der Waals surface area contributed by atoms with E-state index in [1.165, 1.54) is 0 Å². The van der Waals surface area contributed by atoms with Crippen molar-refractivity contribution < 1.29 is 68.7 Å². The van der Waals surface area contributed by atoms with Crippen LogP contribution >= 0.6 is 0 Å². The van der Waals surface area contributed by atoms with E-state index in [1.807, 2.05) is 76.5 Å². The monoisotopic (exact) mass is 1090 g/mol. The summed E-state index contributed by atoms with van der Waals surface area (Å²) in [6, 6.07) is 16.2. The zero-order chi connectivity index (χ0) is 56.4. The topological polar surface area (TPSA) is 337 Å². The number of unbranched alkanes of at least 4 members (excludes halogenated alkanes) is 1. The van der Waals surface area contributed by atoms with Crippen LogP contribution in [-0.4, -0.2) is 190 Å². The molecule has 3 aromatic carbocycles. The fourth-order valence-electron chi connectivity index (χ4n) is 9.82. The number of carbonyl (C=O) groups excluding carboxylic acids is 4. The Morgan fingerprint density at radius 1 is 0.577 bits per heavy atom. The van der Waals surface area contributed by atoms with E-state index in [0.717, 1.165) is 60.9 Å². The molecule has 1 aliphatic carbocycles. The number of rotatable bonds is 26. The highest BCUT2D eigenvalue weighted by molar-refractivity contribution is 5.94. The van der Waals surface area contributed by atoms with E-state index in [0.29, 0.717) is 76.9 Å². The van der Waals surface area contributed by atoms with Gasteiger partial charge in [-0.3, -0.25) is 43.5 Å². The largest absolute Gasteiger partial charge is 0.481 e. The first-order chi connectivity index (χ1) is 37.4. The third-order valence-corrected chi connectivity index (χ3v) is 14.2. The SMILES string of the molecule is O=C(O)CC[C@H](NC(=O)N[C@@H](CCCCNC(=O)[C@H](Cc1ccc2ccccc2c1)NC(=O)[C@H]1CC[C@H](CNC(=O)c2ccc(CN3CCCN(CC(=O)O)CCN(CC(=O)O)CCCNCC3)cc2)CC1)C(=O)O)C(=O)O. The molecule has 23 heteroatoms. The van der Waals surface area contributed by atoms with E-state index in [9.17, 15) is 63.6 Å². The fourth-order valence-corrected chi connectivity index (χ4v) is 9.82. The number of hydrogen-bond donors (Lipinski definition) is 11. The van der Waals surface area contributed by atoms with Gasteiger partial charge < -0.3 is 57.4 Å². The summed E-state index contributed by atoms with van der Waals surface area (Å²) in [5.74, 6) is -7.00. The molecule has 2 fully saturated rings. The van der Waals surface area contributed by atoms with E-state index in [1.54, 1.807) is 0 Å². The Labute approximate surface area is 453 Å². The van der Waals surface area contributed by atoms with Crippen LogP contribution in [0.2, 0.25) is 0 Å². The van der Waals surface area contributed by atoms with E-state index >= 15 is 0 Å². The first kappa shape index (κ1) is 61.6. The Balaban J connectivity index is 1.08. The Hall–Kier alpha value is -7.21. The van der Waals surface area contributed by atoms with Crippen molar-refractivity contribution in [3.63, 3.8) is 0 Å². The number of benzene rings is 3. The Kier molecular flexibility index (Phi) is 25.7. The molecule has 23 nitrogen and oxygen atoms in total. The van der Waals surface area contributed by atoms with E-state index < -0.39 is 72.8 Å². The molecule has 78 heavy (non-hydrogen) atoms. The van der Waals surface area contributed by atoms with Crippen molar-refractivity contribution in [2.24, 2.45) is 11.8 Å². The van der Waals surface area contributed by atoms with Crippen molar-refractivity contribution >= 4 is 64.4 Å². The molecule has 426 valence electrons. The highest BCUT2D eigenvalue weighted by Gasteiger charge is 2.31. The molecule has 0 radical (unpaired) electrons. The van der Waals surface area contributed by atoms with Crippen molar-refractivity contribution in [2.75, 3.05) is 78.5 Å². The minimum Gasteiger partial charge on any atom is -0.481 e. The summed E-state index contributed by atoms with van der Waals surface area (Å²) >= 11 is 0. The maximum Gasteiger partial charge on any atom is 0.326 e. The molecule has 1 aliphatic heterocycles. The molecule has 0 aromatic heterocycles. The highest BCUT2D eigenvalue weighted by Crippen LogP contribution is 2.29. The second-order valence-corrected chi connectivity index (χ2v) is 20.3. The highest BCUT2D eigenvalue weighted by atomic mass is 16.4. The summed E-state index contributed by atoms with van der Waals surface area (Å²) < 4.78 is 0. The molecule has 1 heterocycles.